The van der Waals surface area contributed by atoms with Gasteiger partial charge < -0.3 is 5.73 Å². The minimum atomic E-state index is 0.425. The van der Waals surface area contributed by atoms with E-state index in [0.717, 1.165) is 36.4 Å². The Morgan fingerprint density at radius 2 is 1.43 bits per heavy atom. The number of nitrogens with zero attached hydrogens (tertiary/aromatic N) is 1. The number of rotatable bonds is 3. The van der Waals surface area contributed by atoms with Crippen molar-refractivity contribution in [1.82, 2.24) is 4.90 Å². The van der Waals surface area contributed by atoms with Crippen molar-refractivity contribution in [3.8, 4) is 0 Å². The summed E-state index contributed by atoms with van der Waals surface area (Å²) in [6.07, 6.45) is 13.1. The monoisotopic (exact) mass is 290 g/mol. The molecule has 3 atom stereocenters. The van der Waals surface area contributed by atoms with Crippen LogP contribution in [0.25, 0.3) is 0 Å². The zero-order valence-corrected chi connectivity index (χ0v) is 14.1. The molecule has 0 aromatic carbocycles. The molecule has 5 aliphatic rings. The molecule has 1 heterocycles. The summed E-state index contributed by atoms with van der Waals surface area (Å²) in [6, 6.07) is 1.91. The first kappa shape index (κ1) is 14.5. The smallest absolute Gasteiger partial charge is 0.0225 e. The van der Waals surface area contributed by atoms with Gasteiger partial charge >= 0.3 is 0 Å². The van der Waals surface area contributed by atoms with Gasteiger partial charge in [-0.15, -0.1) is 0 Å². The summed E-state index contributed by atoms with van der Waals surface area (Å²) in [5.74, 6) is 3.08. The van der Waals surface area contributed by atoms with E-state index in [1.165, 1.54) is 57.8 Å². The summed E-state index contributed by atoms with van der Waals surface area (Å²) in [7, 11) is 0. The predicted octanol–water partition coefficient (Wildman–Crippen LogP) is 3.79. The van der Waals surface area contributed by atoms with Crippen LogP contribution in [0, 0.1) is 23.2 Å². The van der Waals surface area contributed by atoms with Crippen LogP contribution in [-0.2, 0) is 0 Å². The van der Waals surface area contributed by atoms with Crippen LogP contribution < -0.4 is 5.73 Å². The Bertz CT molecular complexity index is 346. The molecule has 4 bridgehead atoms. The minimum Gasteiger partial charge on any atom is -0.326 e. The van der Waals surface area contributed by atoms with Crippen molar-refractivity contribution in [3.05, 3.63) is 0 Å². The third kappa shape index (κ3) is 2.47. The Hall–Kier alpha value is -0.0800. The van der Waals surface area contributed by atoms with Crippen LogP contribution in [0.15, 0.2) is 0 Å². The van der Waals surface area contributed by atoms with Gasteiger partial charge in [0.1, 0.15) is 0 Å². The van der Waals surface area contributed by atoms with Gasteiger partial charge in [0, 0.05) is 24.7 Å². The molecule has 5 rings (SSSR count). The van der Waals surface area contributed by atoms with Crippen molar-refractivity contribution in [3.63, 3.8) is 0 Å². The summed E-state index contributed by atoms with van der Waals surface area (Å²) in [4.78, 5) is 2.74. The van der Waals surface area contributed by atoms with Gasteiger partial charge in [-0.3, -0.25) is 4.90 Å². The average molecular weight is 290 g/mol. The molecule has 2 N–H and O–H groups in total. The van der Waals surface area contributed by atoms with E-state index >= 15 is 0 Å². The Morgan fingerprint density at radius 3 is 1.90 bits per heavy atom. The maximum absolute atomic E-state index is 6.89. The van der Waals surface area contributed by atoms with Crippen molar-refractivity contribution in [2.24, 2.45) is 28.9 Å². The van der Waals surface area contributed by atoms with Crippen LogP contribution in [0.1, 0.15) is 71.6 Å². The maximum atomic E-state index is 6.89. The topological polar surface area (TPSA) is 29.3 Å². The van der Waals surface area contributed by atoms with Crippen LogP contribution in [0.2, 0.25) is 0 Å². The zero-order chi connectivity index (χ0) is 14.6. The first-order valence-electron chi connectivity index (χ1n) is 9.57. The number of hydrogen-bond donors (Lipinski definition) is 1. The summed E-state index contributed by atoms with van der Waals surface area (Å²) in [6.45, 7) is 6.00. The molecule has 2 nitrogen and oxygen atoms in total. The van der Waals surface area contributed by atoms with Gasteiger partial charge in [0.2, 0.25) is 0 Å². The number of hydrogen-bond acceptors (Lipinski definition) is 2. The molecule has 0 amide bonds. The third-order valence-electron chi connectivity index (χ3n) is 7.66. The molecule has 0 radical (unpaired) electrons. The Labute approximate surface area is 130 Å². The Kier molecular flexibility index (Phi) is 3.61. The first-order chi connectivity index (χ1) is 10.1. The molecule has 0 aromatic rings. The highest BCUT2D eigenvalue weighted by molar-refractivity contribution is 5.06. The molecule has 4 aliphatic carbocycles. The van der Waals surface area contributed by atoms with Crippen molar-refractivity contribution in [2.75, 3.05) is 6.54 Å². The highest BCUT2D eigenvalue weighted by atomic mass is 15.2. The lowest BCUT2D eigenvalue weighted by atomic mass is 9.47. The molecule has 4 saturated carbocycles. The Morgan fingerprint density at radius 1 is 0.952 bits per heavy atom. The second-order valence-electron chi connectivity index (χ2n) is 9.21. The highest BCUT2D eigenvalue weighted by Crippen LogP contribution is 2.61. The van der Waals surface area contributed by atoms with E-state index in [1.54, 1.807) is 0 Å². The Balaban J connectivity index is 1.48. The zero-order valence-electron chi connectivity index (χ0n) is 14.1. The van der Waals surface area contributed by atoms with E-state index < -0.39 is 0 Å². The van der Waals surface area contributed by atoms with E-state index in [2.05, 4.69) is 18.7 Å². The largest absolute Gasteiger partial charge is 0.326 e. The van der Waals surface area contributed by atoms with Crippen LogP contribution in [0.3, 0.4) is 0 Å². The van der Waals surface area contributed by atoms with Gasteiger partial charge in [-0.2, -0.15) is 0 Å². The van der Waals surface area contributed by atoms with Crippen LogP contribution >= 0.6 is 0 Å². The molecular weight excluding hydrogens is 256 g/mol. The predicted molar refractivity (Wildman–Crippen MR) is 88.1 cm³/mol. The van der Waals surface area contributed by atoms with E-state index in [1.807, 2.05) is 0 Å². The van der Waals surface area contributed by atoms with Gasteiger partial charge in [0.25, 0.3) is 0 Å². The molecule has 120 valence electrons. The van der Waals surface area contributed by atoms with Gasteiger partial charge in [-0.1, -0.05) is 6.42 Å². The summed E-state index contributed by atoms with van der Waals surface area (Å²) in [5, 5.41) is 0. The standard InChI is InChI=1S/C19H34N2/c1-13-4-3-5-14(2)21(13)12-18(20)19-9-15-6-16(10-19)8-17(7-15)11-19/h13-18H,3-12,20H2,1-2H3. The van der Waals surface area contributed by atoms with Gasteiger partial charge in [0.05, 0.1) is 0 Å². The fraction of sp³-hybridized carbons (Fsp3) is 1.00. The van der Waals surface area contributed by atoms with E-state index in [-0.39, 0.29) is 0 Å². The molecule has 21 heavy (non-hydrogen) atoms. The molecular formula is C19H34N2. The average Bonchev–Trinajstić information content (AvgIpc) is 2.41. The normalized spacial score (nSPS) is 51.3. The number of likely N-dealkylation sites (tertiary alicyclic amines) is 1. The number of piperidine rings is 1. The van der Waals surface area contributed by atoms with Crippen molar-refractivity contribution < 1.29 is 0 Å². The molecule has 5 fully saturated rings. The summed E-state index contributed by atoms with van der Waals surface area (Å²) in [5.41, 5.74) is 7.41. The molecule has 1 saturated heterocycles. The fourth-order valence-electron chi connectivity index (χ4n) is 6.89. The van der Waals surface area contributed by atoms with E-state index in [0.29, 0.717) is 11.5 Å². The van der Waals surface area contributed by atoms with Crippen LogP contribution in [0.4, 0.5) is 0 Å². The van der Waals surface area contributed by atoms with Crippen LogP contribution in [0.5, 0.6) is 0 Å². The molecule has 0 spiro atoms. The van der Waals surface area contributed by atoms with Crippen molar-refractivity contribution >= 4 is 0 Å². The SMILES string of the molecule is CC1CCCC(C)N1CC(N)C12CC3CC(CC(C3)C1)C2. The number of nitrogens with two attached hydrogens (primary N) is 1. The molecule has 2 heteroatoms. The lowest BCUT2D eigenvalue weighted by molar-refractivity contribution is -0.0762. The third-order valence-corrected chi connectivity index (χ3v) is 7.66. The quantitative estimate of drug-likeness (QED) is 0.857. The van der Waals surface area contributed by atoms with Gasteiger partial charge in [-0.25, -0.2) is 0 Å². The maximum Gasteiger partial charge on any atom is 0.0225 e. The van der Waals surface area contributed by atoms with Gasteiger partial charge in [0.15, 0.2) is 0 Å². The first-order valence-corrected chi connectivity index (χ1v) is 9.57. The highest BCUT2D eigenvalue weighted by Gasteiger charge is 2.53. The van der Waals surface area contributed by atoms with Crippen LogP contribution in [-0.4, -0.2) is 29.6 Å². The molecule has 0 aromatic heterocycles. The van der Waals surface area contributed by atoms with E-state index in [9.17, 15) is 0 Å². The second kappa shape index (κ2) is 5.23. The van der Waals surface area contributed by atoms with E-state index in [4.69, 9.17) is 5.73 Å². The summed E-state index contributed by atoms with van der Waals surface area (Å²) < 4.78 is 0. The van der Waals surface area contributed by atoms with Gasteiger partial charge in [-0.05, 0) is 88.4 Å². The second-order valence-corrected chi connectivity index (χ2v) is 9.21. The van der Waals surface area contributed by atoms with Crippen molar-refractivity contribution in [1.29, 1.82) is 0 Å². The lowest BCUT2D eigenvalue weighted by Gasteiger charge is -2.59. The summed E-state index contributed by atoms with van der Waals surface area (Å²) >= 11 is 0. The van der Waals surface area contributed by atoms with Crippen molar-refractivity contribution in [2.45, 2.75) is 89.8 Å². The lowest BCUT2D eigenvalue weighted by Crippen LogP contribution is -2.59. The minimum absolute atomic E-state index is 0.425. The molecule has 3 unspecified atom stereocenters. The fourth-order valence-corrected chi connectivity index (χ4v) is 6.89. The molecule has 1 aliphatic heterocycles.